The quantitative estimate of drug-likeness (QED) is 0.398. The maximum Gasteiger partial charge on any atom is 0.267 e. The van der Waals surface area contributed by atoms with Crippen LogP contribution in [0.25, 0.3) is 10.6 Å². The van der Waals surface area contributed by atoms with Gasteiger partial charge in [0.2, 0.25) is 0 Å². The first-order valence-corrected chi connectivity index (χ1v) is 10.7. The normalized spacial score (nSPS) is 10.5. The smallest absolute Gasteiger partial charge is 0.267 e. The van der Waals surface area contributed by atoms with Crippen LogP contribution in [0.3, 0.4) is 0 Å². The fraction of sp³-hybridized carbons (Fsp3) is 0. The largest absolute Gasteiger partial charge is 0.322 e. The standard InChI is InChI=1S/C21H14ClN3O2S2/c22-16-7-6-13(19(26)24-15-4-2-1-3-5-15)10-17(16)25-20(27)18-11-23-21(29-18)14-8-9-28-12-14/h1-12H,(H,24,26)(H,25,27). The monoisotopic (exact) mass is 439 g/mol. The number of halogens is 1. The lowest BCUT2D eigenvalue weighted by Gasteiger charge is -2.09. The van der Waals surface area contributed by atoms with Gasteiger partial charge in [-0.05, 0) is 41.8 Å². The fourth-order valence-electron chi connectivity index (χ4n) is 2.57. The van der Waals surface area contributed by atoms with E-state index in [9.17, 15) is 9.59 Å². The van der Waals surface area contributed by atoms with Gasteiger partial charge in [-0.25, -0.2) is 4.98 Å². The molecule has 2 amide bonds. The van der Waals surface area contributed by atoms with Gasteiger partial charge in [-0.3, -0.25) is 9.59 Å². The van der Waals surface area contributed by atoms with Crippen LogP contribution in [-0.4, -0.2) is 16.8 Å². The summed E-state index contributed by atoms with van der Waals surface area (Å²) in [5.41, 5.74) is 2.42. The number of nitrogens with one attached hydrogen (secondary N) is 2. The Morgan fingerprint density at radius 1 is 0.966 bits per heavy atom. The lowest BCUT2D eigenvalue weighted by molar-refractivity contribution is 0.101. The number of hydrogen-bond donors (Lipinski definition) is 2. The third kappa shape index (κ3) is 4.54. The molecule has 2 N–H and O–H groups in total. The van der Waals surface area contributed by atoms with Crippen LogP contribution in [-0.2, 0) is 0 Å². The van der Waals surface area contributed by atoms with Gasteiger partial charge in [0.05, 0.1) is 16.9 Å². The number of rotatable bonds is 5. The Hall–Kier alpha value is -3.00. The molecular formula is C21H14ClN3O2S2. The average molecular weight is 440 g/mol. The van der Waals surface area contributed by atoms with E-state index in [0.717, 1.165) is 10.6 Å². The molecule has 0 aliphatic heterocycles. The molecule has 0 unspecified atom stereocenters. The SMILES string of the molecule is O=C(Nc1ccccc1)c1ccc(Cl)c(NC(=O)c2cnc(-c3ccsc3)s2)c1. The van der Waals surface area contributed by atoms with E-state index in [-0.39, 0.29) is 11.8 Å². The van der Waals surface area contributed by atoms with Crippen molar-refractivity contribution in [2.24, 2.45) is 0 Å². The number of para-hydroxylation sites is 1. The molecule has 0 radical (unpaired) electrons. The van der Waals surface area contributed by atoms with Crippen LogP contribution < -0.4 is 10.6 Å². The van der Waals surface area contributed by atoms with Crippen LogP contribution in [0.15, 0.2) is 71.6 Å². The highest BCUT2D eigenvalue weighted by molar-refractivity contribution is 7.17. The number of aromatic nitrogens is 1. The number of anilines is 2. The molecule has 4 rings (SSSR count). The number of nitrogens with zero attached hydrogens (tertiary/aromatic N) is 1. The van der Waals surface area contributed by atoms with E-state index in [4.69, 9.17) is 11.6 Å². The third-order valence-electron chi connectivity index (χ3n) is 4.01. The van der Waals surface area contributed by atoms with Crippen LogP contribution in [0.1, 0.15) is 20.0 Å². The number of benzene rings is 2. The summed E-state index contributed by atoms with van der Waals surface area (Å²) in [5, 5.41) is 10.6. The Labute approximate surface area is 180 Å². The predicted molar refractivity (Wildman–Crippen MR) is 119 cm³/mol. The van der Waals surface area contributed by atoms with E-state index >= 15 is 0 Å². The van der Waals surface area contributed by atoms with E-state index in [1.807, 2.05) is 35.0 Å². The Kier molecular flexibility index (Phi) is 5.71. The van der Waals surface area contributed by atoms with Crippen molar-refractivity contribution in [1.29, 1.82) is 0 Å². The summed E-state index contributed by atoms with van der Waals surface area (Å²) in [6.07, 6.45) is 1.53. The van der Waals surface area contributed by atoms with Crippen LogP contribution >= 0.6 is 34.3 Å². The zero-order chi connectivity index (χ0) is 20.2. The van der Waals surface area contributed by atoms with E-state index in [2.05, 4.69) is 15.6 Å². The molecule has 0 atom stereocenters. The third-order valence-corrected chi connectivity index (χ3v) is 6.06. The van der Waals surface area contributed by atoms with Gasteiger partial charge in [-0.2, -0.15) is 11.3 Å². The summed E-state index contributed by atoms with van der Waals surface area (Å²) in [6, 6.07) is 15.8. The summed E-state index contributed by atoms with van der Waals surface area (Å²) in [5.74, 6) is -0.618. The highest BCUT2D eigenvalue weighted by atomic mass is 35.5. The van der Waals surface area contributed by atoms with Crippen LogP contribution in [0.4, 0.5) is 11.4 Å². The maximum absolute atomic E-state index is 12.6. The Balaban J connectivity index is 1.50. The molecule has 0 aliphatic carbocycles. The Morgan fingerprint density at radius 3 is 2.55 bits per heavy atom. The number of thiophene rings is 1. The highest BCUT2D eigenvalue weighted by Gasteiger charge is 2.15. The molecule has 2 heterocycles. The minimum atomic E-state index is -0.327. The van der Waals surface area contributed by atoms with Gasteiger partial charge in [0.1, 0.15) is 9.88 Å². The van der Waals surface area contributed by atoms with E-state index < -0.39 is 0 Å². The second-order valence-corrected chi connectivity index (χ2v) is 8.23. The van der Waals surface area contributed by atoms with Gasteiger partial charge in [0.15, 0.2) is 0 Å². The predicted octanol–water partition coefficient (Wildman–Crippen LogP) is 6.03. The molecule has 29 heavy (non-hydrogen) atoms. The van der Waals surface area contributed by atoms with E-state index in [1.165, 1.54) is 17.5 Å². The van der Waals surface area contributed by atoms with Crippen LogP contribution in [0, 0.1) is 0 Å². The lowest BCUT2D eigenvalue weighted by atomic mass is 10.1. The average Bonchev–Trinajstić information content (AvgIpc) is 3.42. The summed E-state index contributed by atoms with van der Waals surface area (Å²) in [7, 11) is 0. The number of hydrogen-bond acceptors (Lipinski definition) is 5. The number of amides is 2. The second kappa shape index (κ2) is 8.57. The lowest BCUT2D eigenvalue weighted by Crippen LogP contribution is -2.14. The molecule has 4 aromatic rings. The highest BCUT2D eigenvalue weighted by Crippen LogP contribution is 2.29. The van der Waals surface area contributed by atoms with Gasteiger partial charge in [0.25, 0.3) is 11.8 Å². The molecule has 0 bridgehead atoms. The van der Waals surface area contributed by atoms with Crippen LogP contribution in [0.5, 0.6) is 0 Å². The Bertz CT molecular complexity index is 1160. The molecule has 2 aromatic heterocycles. The summed E-state index contributed by atoms with van der Waals surface area (Å²) >= 11 is 9.09. The van der Waals surface area contributed by atoms with Crippen molar-refractivity contribution in [3.05, 3.63) is 87.0 Å². The van der Waals surface area contributed by atoms with E-state index in [1.54, 1.807) is 41.7 Å². The zero-order valence-electron chi connectivity index (χ0n) is 14.9. The van der Waals surface area contributed by atoms with Crippen molar-refractivity contribution >= 4 is 57.5 Å². The minimum Gasteiger partial charge on any atom is -0.322 e. The van der Waals surface area contributed by atoms with Gasteiger partial charge in [0, 0.05) is 22.2 Å². The van der Waals surface area contributed by atoms with Crippen molar-refractivity contribution in [2.75, 3.05) is 10.6 Å². The molecule has 0 saturated heterocycles. The first kappa shape index (κ1) is 19.3. The summed E-state index contributed by atoms with van der Waals surface area (Å²) < 4.78 is 0. The van der Waals surface area contributed by atoms with Crippen molar-refractivity contribution in [1.82, 2.24) is 4.98 Å². The maximum atomic E-state index is 12.6. The zero-order valence-corrected chi connectivity index (χ0v) is 17.3. The van der Waals surface area contributed by atoms with Gasteiger partial charge in [-0.15, -0.1) is 11.3 Å². The van der Waals surface area contributed by atoms with E-state index in [0.29, 0.717) is 26.8 Å². The fourth-order valence-corrected chi connectivity index (χ4v) is 4.26. The van der Waals surface area contributed by atoms with Crippen molar-refractivity contribution in [3.8, 4) is 10.6 Å². The molecule has 0 spiro atoms. The molecule has 144 valence electrons. The molecule has 5 nitrogen and oxygen atoms in total. The molecule has 8 heteroatoms. The summed E-state index contributed by atoms with van der Waals surface area (Å²) in [6.45, 7) is 0. The summed E-state index contributed by atoms with van der Waals surface area (Å²) in [4.78, 5) is 29.9. The minimum absolute atomic E-state index is 0.291. The second-order valence-electron chi connectivity index (χ2n) is 6.01. The molecule has 0 saturated carbocycles. The molecule has 0 fully saturated rings. The number of thiazole rings is 1. The van der Waals surface area contributed by atoms with Crippen molar-refractivity contribution in [2.45, 2.75) is 0 Å². The van der Waals surface area contributed by atoms with Crippen LogP contribution in [0.2, 0.25) is 5.02 Å². The Morgan fingerprint density at radius 2 is 1.79 bits per heavy atom. The van der Waals surface area contributed by atoms with Gasteiger partial charge in [-0.1, -0.05) is 29.8 Å². The molecule has 2 aromatic carbocycles. The van der Waals surface area contributed by atoms with Gasteiger partial charge >= 0.3 is 0 Å². The molecule has 0 aliphatic rings. The van der Waals surface area contributed by atoms with Gasteiger partial charge < -0.3 is 10.6 Å². The van der Waals surface area contributed by atoms with Crippen molar-refractivity contribution in [3.63, 3.8) is 0 Å². The first-order chi connectivity index (χ1) is 14.1. The van der Waals surface area contributed by atoms with Crippen molar-refractivity contribution < 1.29 is 9.59 Å². The molecular weight excluding hydrogens is 426 g/mol. The number of carbonyl (C=O) groups excluding carboxylic acids is 2. The topological polar surface area (TPSA) is 71.1 Å². The first-order valence-electron chi connectivity index (χ1n) is 8.56. The number of carbonyl (C=O) groups is 2.